The number of imide groups is 1. The largest absolute Gasteiger partial charge is 0.483 e. The molecule has 1 fully saturated rings. The van der Waals surface area contributed by atoms with E-state index in [2.05, 4.69) is 0 Å². The van der Waals surface area contributed by atoms with Crippen LogP contribution in [0.3, 0.4) is 0 Å². The standard InChI is InChI=1S/C17H12F3NO4/c18-17(19,20)8-4-6-9(7-5-8)21-15(23)13-12-10(22)2-1-3-11(12)25-14(13)16(21)24/h4-7,13-14H,1-3H2/t13-,14+/m1/s1. The molecule has 2 amide bonds. The fraction of sp³-hybridized carbons (Fsp3) is 0.353. The quantitative estimate of drug-likeness (QED) is 0.730. The van der Waals surface area contributed by atoms with Gasteiger partial charge in [-0.05, 0) is 30.7 Å². The van der Waals surface area contributed by atoms with Crippen molar-refractivity contribution in [2.24, 2.45) is 5.92 Å². The van der Waals surface area contributed by atoms with Crippen LogP contribution in [-0.4, -0.2) is 23.7 Å². The van der Waals surface area contributed by atoms with Gasteiger partial charge in [-0.2, -0.15) is 13.2 Å². The van der Waals surface area contributed by atoms with Crippen LogP contribution in [-0.2, 0) is 25.3 Å². The van der Waals surface area contributed by atoms with E-state index in [1.54, 1.807) is 0 Å². The summed E-state index contributed by atoms with van der Waals surface area (Å²) >= 11 is 0. The SMILES string of the molecule is O=C1CCCC2=C1[C@H]1C(=O)N(c3ccc(C(F)(F)F)cc3)C(=O)[C@H]1O2. The van der Waals surface area contributed by atoms with Crippen LogP contribution in [0.1, 0.15) is 24.8 Å². The Morgan fingerprint density at radius 3 is 2.32 bits per heavy atom. The third-order valence-electron chi connectivity index (χ3n) is 4.69. The zero-order valence-electron chi connectivity index (χ0n) is 12.8. The van der Waals surface area contributed by atoms with Gasteiger partial charge in [-0.15, -0.1) is 0 Å². The number of fused-ring (bicyclic) bond motifs is 2. The summed E-state index contributed by atoms with van der Waals surface area (Å²) in [4.78, 5) is 38.2. The van der Waals surface area contributed by atoms with Gasteiger partial charge in [0.15, 0.2) is 11.9 Å². The van der Waals surface area contributed by atoms with E-state index in [0.717, 1.165) is 29.2 Å². The molecule has 2 atom stereocenters. The molecule has 130 valence electrons. The number of carbonyl (C=O) groups is 3. The second-order valence-electron chi connectivity index (χ2n) is 6.19. The molecule has 8 heteroatoms. The normalized spacial score (nSPS) is 26.0. The van der Waals surface area contributed by atoms with Crippen molar-refractivity contribution in [3.8, 4) is 0 Å². The number of anilines is 1. The summed E-state index contributed by atoms with van der Waals surface area (Å²) in [6.07, 6.45) is -4.18. The molecule has 2 aliphatic heterocycles. The highest BCUT2D eigenvalue weighted by molar-refractivity contribution is 6.26. The third-order valence-corrected chi connectivity index (χ3v) is 4.69. The Balaban J connectivity index is 1.68. The van der Waals surface area contributed by atoms with Crippen molar-refractivity contribution in [1.82, 2.24) is 0 Å². The molecular weight excluding hydrogens is 339 g/mol. The van der Waals surface area contributed by atoms with Crippen molar-refractivity contribution in [3.05, 3.63) is 41.2 Å². The Morgan fingerprint density at radius 1 is 1.00 bits per heavy atom. The van der Waals surface area contributed by atoms with E-state index in [-0.39, 0.29) is 17.0 Å². The van der Waals surface area contributed by atoms with Crippen molar-refractivity contribution in [1.29, 1.82) is 0 Å². The Kier molecular flexibility index (Phi) is 3.28. The Hall–Kier alpha value is -2.64. The van der Waals surface area contributed by atoms with Crippen LogP contribution in [0.5, 0.6) is 0 Å². The number of halogens is 3. The van der Waals surface area contributed by atoms with Gasteiger partial charge in [-0.1, -0.05) is 0 Å². The maximum Gasteiger partial charge on any atom is 0.416 e. The first-order chi connectivity index (χ1) is 11.8. The lowest BCUT2D eigenvalue weighted by atomic mass is 9.87. The van der Waals surface area contributed by atoms with Gasteiger partial charge in [0.1, 0.15) is 11.7 Å². The number of nitrogens with zero attached hydrogens (tertiary/aromatic N) is 1. The Morgan fingerprint density at radius 2 is 1.68 bits per heavy atom. The molecule has 0 aromatic heterocycles. The molecular formula is C17H12F3NO4. The van der Waals surface area contributed by atoms with E-state index in [1.165, 1.54) is 0 Å². The average Bonchev–Trinajstić information content (AvgIpc) is 3.05. The lowest BCUT2D eigenvalue weighted by Crippen LogP contribution is -2.33. The lowest BCUT2D eigenvalue weighted by Gasteiger charge is -2.19. The molecule has 1 saturated heterocycles. The monoisotopic (exact) mass is 351 g/mol. The zero-order valence-corrected chi connectivity index (χ0v) is 12.8. The van der Waals surface area contributed by atoms with E-state index >= 15 is 0 Å². The zero-order chi connectivity index (χ0) is 17.9. The van der Waals surface area contributed by atoms with E-state index in [0.29, 0.717) is 25.0 Å². The van der Waals surface area contributed by atoms with Crippen molar-refractivity contribution in [3.63, 3.8) is 0 Å². The van der Waals surface area contributed by atoms with Gasteiger partial charge in [0.25, 0.3) is 5.91 Å². The molecule has 0 radical (unpaired) electrons. The molecule has 1 aromatic rings. The topological polar surface area (TPSA) is 63.7 Å². The van der Waals surface area contributed by atoms with Gasteiger partial charge in [0.05, 0.1) is 11.3 Å². The molecule has 3 aliphatic rings. The predicted molar refractivity (Wildman–Crippen MR) is 78.2 cm³/mol. The van der Waals surface area contributed by atoms with Gasteiger partial charge in [0.2, 0.25) is 5.91 Å². The van der Waals surface area contributed by atoms with E-state index in [9.17, 15) is 27.6 Å². The molecule has 0 unspecified atom stereocenters. The van der Waals surface area contributed by atoms with Crippen LogP contribution >= 0.6 is 0 Å². The maximum absolute atomic E-state index is 12.7. The average molecular weight is 351 g/mol. The summed E-state index contributed by atoms with van der Waals surface area (Å²) in [5, 5.41) is 0. The molecule has 5 nitrogen and oxygen atoms in total. The lowest BCUT2D eigenvalue weighted by molar-refractivity contribution is -0.137. The number of amides is 2. The molecule has 2 heterocycles. The first kappa shape index (κ1) is 15.9. The van der Waals surface area contributed by atoms with Crippen molar-refractivity contribution in [2.75, 3.05) is 4.90 Å². The first-order valence-corrected chi connectivity index (χ1v) is 7.77. The highest BCUT2D eigenvalue weighted by atomic mass is 19.4. The summed E-state index contributed by atoms with van der Waals surface area (Å²) in [5.74, 6) is -2.08. The fourth-order valence-corrected chi connectivity index (χ4v) is 3.55. The summed E-state index contributed by atoms with van der Waals surface area (Å²) in [6.45, 7) is 0. The molecule has 0 saturated carbocycles. The van der Waals surface area contributed by atoms with E-state index < -0.39 is 35.6 Å². The van der Waals surface area contributed by atoms with Crippen molar-refractivity contribution < 1.29 is 32.3 Å². The molecule has 0 bridgehead atoms. The third kappa shape index (κ3) is 2.27. The second kappa shape index (κ2) is 5.18. The molecule has 4 rings (SSSR count). The number of allylic oxidation sites excluding steroid dienone is 1. The minimum Gasteiger partial charge on any atom is -0.483 e. The number of hydrogen-bond donors (Lipinski definition) is 0. The maximum atomic E-state index is 12.7. The summed E-state index contributed by atoms with van der Waals surface area (Å²) in [6, 6.07) is 3.75. The van der Waals surface area contributed by atoms with Gasteiger partial charge >= 0.3 is 6.18 Å². The highest BCUT2D eigenvalue weighted by Crippen LogP contribution is 2.44. The number of hydrogen-bond acceptors (Lipinski definition) is 4. The number of ether oxygens (including phenoxy) is 1. The van der Waals surface area contributed by atoms with Crippen molar-refractivity contribution >= 4 is 23.3 Å². The van der Waals surface area contributed by atoms with Gasteiger partial charge in [0, 0.05) is 18.4 Å². The number of ketones is 1. The molecule has 25 heavy (non-hydrogen) atoms. The van der Waals surface area contributed by atoms with Crippen molar-refractivity contribution in [2.45, 2.75) is 31.5 Å². The smallest absolute Gasteiger partial charge is 0.416 e. The number of rotatable bonds is 1. The Bertz CT molecular complexity index is 825. The fourth-order valence-electron chi connectivity index (χ4n) is 3.55. The van der Waals surface area contributed by atoms with Gasteiger partial charge in [-0.3, -0.25) is 14.4 Å². The molecule has 1 aromatic carbocycles. The number of carbonyl (C=O) groups excluding carboxylic acids is 3. The van der Waals surface area contributed by atoms with Crippen LogP contribution in [0.4, 0.5) is 18.9 Å². The minimum atomic E-state index is -4.51. The van der Waals surface area contributed by atoms with Gasteiger partial charge in [-0.25, -0.2) is 4.90 Å². The number of alkyl halides is 3. The van der Waals surface area contributed by atoms with E-state index in [1.807, 2.05) is 0 Å². The minimum absolute atomic E-state index is 0.0337. The summed E-state index contributed by atoms with van der Waals surface area (Å²) in [7, 11) is 0. The second-order valence-corrected chi connectivity index (χ2v) is 6.19. The summed E-state index contributed by atoms with van der Waals surface area (Å²) < 4.78 is 43.5. The van der Waals surface area contributed by atoms with Crippen LogP contribution in [0.15, 0.2) is 35.6 Å². The van der Waals surface area contributed by atoms with Crippen LogP contribution in [0.25, 0.3) is 0 Å². The van der Waals surface area contributed by atoms with Gasteiger partial charge < -0.3 is 4.74 Å². The first-order valence-electron chi connectivity index (χ1n) is 7.77. The van der Waals surface area contributed by atoms with Crippen LogP contribution in [0.2, 0.25) is 0 Å². The van der Waals surface area contributed by atoms with Crippen LogP contribution in [0, 0.1) is 5.92 Å². The predicted octanol–water partition coefficient (Wildman–Crippen LogP) is 2.60. The molecule has 1 aliphatic carbocycles. The Labute approximate surface area is 140 Å². The molecule has 0 spiro atoms. The molecule has 0 N–H and O–H groups in total. The van der Waals surface area contributed by atoms with Crippen LogP contribution < -0.4 is 4.90 Å². The van der Waals surface area contributed by atoms with E-state index in [4.69, 9.17) is 4.74 Å². The number of Topliss-reactive ketones (excluding diaryl/α,β-unsaturated/α-hetero) is 1. The summed E-state index contributed by atoms with van der Waals surface area (Å²) in [5.41, 5.74) is -0.588. The highest BCUT2D eigenvalue weighted by Gasteiger charge is 2.58. The number of benzene rings is 1.